The van der Waals surface area contributed by atoms with E-state index in [1.165, 1.54) is 25.3 Å². The van der Waals surface area contributed by atoms with Crippen LogP contribution in [0, 0.1) is 0 Å². The van der Waals surface area contributed by atoms with Crippen molar-refractivity contribution < 1.29 is 19.5 Å². The highest BCUT2D eigenvalue weighted by atomic mass is 16.7. The summed E-state index contributed by atoms with van der Waals surface area (Å²) in [7, 11) is 0. The number of nitrogens with two attached hydrogens (primary N) is 1. The molecule has 0 amide bonds. The number of hydrogen-bond donors (Lipinski definition) is 2. The third-order valence-electron chi connectivity index (χ3n) is 1.50. The molecule has 0 atom stereocenters. The fraction of sp³-hybridized carbons (Fsp3) is 0.111. The third-order valence-corrected chi connectivity index (χ3v) is 1.50. The lowest BCUT2D eigenvalue weighted by Gasteiger charge is -2.01. The maximum atomic E-state index is 11.4. The van der Waals surface area contributed by atoms with Crippen molar-refractivity contribution in [1.29, 1.82) is 0 Å². The Balaban J connectivity index is 2.99. The number of carbonyl (C=O) groups is 2. The molecular formula is C9H9N3O4. The van der Waals surface area contributed by atoms with E-state index in [9.17, 15) is 9.59 Å². The summed E-state index contributed by atoms with van der Waals surface area (Å²) in [5.41, 5.74) is 4.59. The number of hydrogen-bond acceptors (Lipinski definition) is 5. The van der Waals surface area contributed by atoms with E-state index in [0.29, 0.717) is 0 Å². The number of carbonyl (C=O) groups excluding carboxylic acids is 1. The van der Waals surface area contributed by atoms with Gasteiger partial charge in [0.1, 0.15) is 5.84 Å². The van der Waals surface area contributed by atoms with Crippen LogP contribution in [0.2, 0.25) is 0 Å². The van der Waals surface area contributed by atoms with Gasteiger partial charge in [-0.05, 0) is 19.1 Å². The van der Waals surface area contributed by atoms with Gasteiger partial charge in [-0.25, -0.2) is 14.6 Å². The van der Waals surface area contributed by atoms with Crippen molar-refractivity contribution in [3.63, 3.8) is 0 Å². The van der Waals surface area contributed by atoms with E-state index in [4.69, 9.17) is 10.8 Å². The standard InChI is InChI=1S/C9H9N3O4/c1-5(10)12-16-9(15)6-3-2-4-11-7(6)8(13)14/h2-4H,1H3,(H2,10,12)(H,13,14). The van der Waals surface area contributed by atoms with E-state index >= 15 is 0 Å². The number of aromatic carboxylic acids is 1. The van der Waals surface area contributed by atoms with Crippen molar-refractivity contribution in [3.8, 4) is 0 Å². The molecule has 1 aromatic rings. The summed E-state index contributed by atoms with van der Waals surface area (Å²) in [4.78, 5) is 30.1. The molecule has 0 aromatic carbocycles. The lowest BCUT2D eigenvalue weighted by atomic mass is 10.2. The molecule has 0 fully saturated rings. The van der Waals surface area contributed by atoms with Gasteiger partial charge in [-0.1, -0.05) is 5.16 Å². The first kappa shape index (κ1) is 11.6. The molecule has 0 aliphatic heterocycles. The second kappa shape index (κ2) is 4.87. The van der Waals surface area contributed by atoms with E-state index in [-0.39, 0.29) is 11.4 Å². The molecule has 0 aliphatic rings. The molecule has 1 rings (SSSR count). The Kier molecular flexibility index (Phi) is 3.54. The zero-order chi connectivity index (χ0) is 12.1. The van der Waals surface area contributed by atoms with E-state index in [2.05, 4.69) is 15.0 Å². The lowest BCUT2D eigenvalue weighted by Crippen LogP contribution is -2.13. The van der Waals surface area contributed by atoms with Gasteiger partial charge in [-0.3, -0.25) is 0 Å². The second-order valence-electron chi connectivity index (χ2n) is 2.82. The van der Waals surface area contributed by atoms with Gasteiger partial charge in [0.2, 0.25) is 0 Å². The molecule has 1 heterocycles. The largest absolute Gasteiger partial charge is 0.476 e. The normalized spacial score (nSPS) is 10.9. The molecule has 0 spiro atoms. The smallest absolute Gasteiger partial charge is 0.368 e. The average Bonchev–Trinajstić information content (AvgIpc) is 2.25. The van der Waals surface area contributed by atoms with Crippen molar-refractivity contribution in [1.82, 2.24) is 4.98 Å². The number of aromatic nitrogens is 1. The van der Waals surface area contributed by atoms with Crippen molar-refractivity contribution in [2.45, 2.75) is 6.92 Å². The second-order valence-corrected chi connectivity index (χ2v) is 2.82. The highest BCUT2D eigenvalue weighted by Gasteiger charge is 2.18. The lowest BCUT2D eigenvalue weighted by molar-refractivity contribution is 0.0502. The van der Waals surface area contributed by atoms with E-state index < -0.39 is 17.6 Å². The molecule has 0 aliphatic carbocycles. The predicted octanol–water partition coefficient (Wildman–Crippen LogP) is 0.229. The molecule has 0 saturated carbocycles. The Labute approximate surface area is 90.5 Å². The maximum absolute atomic E-state index is 11.4. The van der Waals surface area contributed by atoms with Crippen LogP contribution in [0.15, 0.2) is 23.5 Å². The van der Waals surface area contributed by atoms with Crippen LogP contribution in [0.25, 0.3) is 0 Å². The van der Waals surface area contributed by atoms with Gasteiger partial charge in [0.05, 0.1) is 5.56 Å². The van der Waals surface area contributed by atoms with Gasteiger partial charge in [-0.15, -0.1) is 0 Å². The van der Waals surface area contributed by atoms with Crippen LogP contribution in [0.1, 0.15) is 27.8 Å². The van der Waals surface area contributed by atoms with Crippen molar-refractivity contribution in [2.24, 2.45) is 10.9 Å². The Bertz CT molecular complexity index is 452. The number of rotatable bonds is 3. The molecule has 0 unspecified atom stereocenters. The fourth-order valence-electron chi connectivity index (χ4n) is 0.903. The minimum atomic E-state index is -1.32. The topological polar surface area (TPSA) is 115 Å². The zero-order valence-corrected chi connectivity index (χ0v) is 8.38. The first-order valence-corrected chi connectivity index (χ1v) is 4.22. The summed E-state index contributed by atoms with van der Waals surface area (Å²) < 4.78 is 0. The van der Waals surface area contributed by atoms with E-state index in [1.54, 1.807) is 0 Å². The third kappa shape index (κ3) is 2.77. The summed E-state index contributed by atoms with van der Waals surface area (Å²) in [6.07, 6.45) is 1.26. The van der Waals surface area contributed by atoms with Crippen molar-refractivity contribution in [3.05, 3.63) is 29.6 Å². The van der Waals surface area contributed by atoms with Crippen LogP contribution < -0.4 is 5.73 Å². The van der Waals surface area contributed by atoms with Crippen LogP contribution in [-0.2, 0) is 4.84 Å². The molecule has 7 heteroatoms. The average molecular weight is 223 g/mol. The monoisotopic (exact) mass is 223 g/mol. The quantitative estimate of drug-likeness (QED) is 0.328. The number of carboxylic acids is 1. The highest BCUT2D eigenvalue weighted by Crippen LogP contribution is 2.07. The van der Waals surface area contributed by atoms with Crippen molar-refractivity contribution in [2.75, 3.05) is 0 Å². The number of amidine groups is 1. The molecule has 3 N–H and O–H groups in total. The Morgan fingerprint density at radius 3 is 2.81 bits per heavy atom. The molecule has 0 bridgehead atoms. The van der Waals surface area contributed by atoms with Crippen LogP contribution in [-0.4, -0.2) is 27.9 Å². The van der Waals surface area contributed by atoms with Gasteiger partial charge in [0.15, 0.2) is 5.69 Å². The van der Waals surface area contributed by atoms with Gasteiger partial charge < -0.3 is 15.7 Å². The summed E-state index contributed by atoms with van der Waals surface area (Å²) >= 11 is 0. The molecule has 84 valence electrons. The molecular weight excluding hydrogens is 214 g/mol. The van der Waals surface area contributed by atoms with Crippen LogP contribution in [0.3, 0.4) is 0 Å². The minimum Gasteiger partial charge on any atom is -0.476 e. The summed E-state index contributed by atoms with van der Waals surface area (Å²) in [5.74, 6) is -2.19. The van der Waals surface area contributed by atoms with E-state index in [1.807, 2.05) is 0 Å². The Morgan fingerprint density at radius 2 is 2.25 bits per heavy atom. The van der Waals surface area contributed by atoms with Crippen LogP contribution in [0.4, 0.5) is 0 Å². The molecule has 16 heavy (non-hydrogen) atoms. The molecule has 0 saturated heterocycles. The van der Waals surface area contributed by atoms with Crippen molar-refractivity contribution >= 4 is 17.8 Å². The van der Waals surface area contributed by atoms with Gasteiger partial charge in [0, 0.05) is 6.20 Å². The highest BCUT2D eigenvalue weighted by molar-refractivity contribution is 6.01. The molecule has 0 radical (unpaired) electrons. The Morgan fingerprint density at radius 1 is 1.56 bits per heavy atom. The predicted molar refractivity (Wildman–Crippen MR) is 53.9 cm³/mol. The van der Waals surface area contributed by atoms with Gasteiger partial charge in [-0.2, -0.15) is 0 Å². The molecule has 7 nitrogen and oxygen atoms in total. The number of oxime groups is 1. The number of carboxylic acid groups (broad SMARTS) is 1. The number of pyridine rings is 1. The summed E-state index contributed by atoms with van der Waals surface area (Å²) in [6, 6.07) is 2.70. The zero-order valence-electron chi connectivity index (χ0n) is 8.38. The van der Waals surface area contributed by atoms with Gasteiger partial charge in [0.25, 0.3) is 0 Å². The first-order chi connectivity index (χ1) is 7.52. The summed E-state index contributed by atoms with van der Waals surface area (Å²) in [5, 5.41) is 12.0. The minimum absolute atomic E-state index is 0.0501. The fourth-order valence-corrected chi connectivity index (χ4v) is 0.903. The SMILES string of the molecule is C/C(N)=N/OC(=O)c1cccnc1C(=O)O. The Hall–Kier alpha value is -2.44. The van der Waals surface area contributed by atoms with Crippen LogP contribution >= 0.6 is 0 Å². The number of nitrogens with zero attached hydrogens (tertiary/aromatic N) is 2. The summed E-state index contributed by atoms with van der Waals surface area (Å²) in [6.45, 7) is 1.43. The van der Waals surface area contributed by atoms with Crippen LogP contribution in [0.5, 0.6) is 0 Å². The van der Waals surface area contributed by atoms with E-state index in [0.717, 1.165) is 0 Å². The molecule has 1 aromatic heterocycles. The maximum Gasteiger partial charge on any atom is 0.368 e. The van der Waals surface area contributed by atoms with Gasteiger partial charge >= 0.3 is 11.9 Å². The first-order valence-electron chi connectivity index (χ1n) is 4.22.